The van der Waals surface area contributed by atoms with Crippen molar-refractivity contribution < 1.29 is 9.59 Å². The molecule has 0 bridgehead atoms. The van der Waals surface area contributed by atoms with Crippen LogP contribution in [0.2, 0.25) is 0 Å². The van der Waals surface area contributed by atoms with E-state index < -0.39 is 0 Å². The molecular formula is C21H26N2O2. The molecule has 2 amide bonds. The van der Waals surface area contributed by atoms with Crippen molar-refractivity contribution in [2.24, 2.45) is 17.8 Å². The highest BCUT2D eigenvalue weighted by Crippen LogP contribution is 2.58. The fraction of sp³-hybridized carbons (Fsp3) is 0.619. The maximum Gasteiger partial charge on any atom is 0.225 e. The minimum absolute atomic E-state index is 0.0381. The molecule has 4 fully saturated rings. The Morgan fingerprint density at radius 1 is 1.20 bits per heavy atom. The van der Waals surface area contributed by atoms with E-state index in [-0.39, 0.29) is 17.4 Å². The van der Waals surface area contributed by atoms with E-state index in [0.29, 0.717) is 30.1 Å². The van der Waals surface area contributed by atoms with Crippen LogP contribution < -0.4 is 5.32 Å². The predicted octanol–water partition coefficient (Wildman–Crippen LogP) is 2.48. The topological polar surface area (TPSA) is 49.4 Å². The second-order valence-corrected chi connectivity index (χ2v) is 8.63. The summed E-state index contributed by atoms with van der Waals surface area (Å²) in [6, 6.07) is 9.06. The van der Waals surface area contributed by atoms with Gasteiger partial charge >= 0.3 is 0 Å². The van der Waals surface area contributed by atoms with Gasteiger partial charge in [-0.3, -0.25) is 9.59 Å². The number of carbonyl (C=O) groups excluding carboxylic acids is 2. The fourth-order valence-corrected chi connectivity index (χ4v) is 5.57. The lowest BCUT2D eigenvalue weighted by Crippen LogP contribution is -2.56. The van der Waals surface area contributed by atoms with Gasteiger partial charge in [0.25, 0.3) is 0 Å². The number of rotatable bonds is 3. The SMILES string of the molecule is CCc1ccc([C@H]2[C@@H]3CN(C(=O)[C@H]4C[C@]5(CCC(=O)N5)C4)C[C@@H]32)cc1. The van der Waals surface area contributed by atoms with Gasteiger partial charge in [-0.05, 0) is 54.6 Å². The lowest BCUT2D eigenvalue weighted by atomic mass is 9.67. The number of nitrogens with one attached hydrogen (secondary N) is 1. The van der Waals surface area contributed by atoms with Gasteiger partial charge in [0, 0.05) is 31.0 Å². The summed E-state index contributed by atoms with van der Waals surface area (Å²) in [5.41, 5.74) is 2.81. The van der Waals surface area contributed by atoms with Gasteiger partial charge in [0.1, 0.15) is 0 Å². The summed E-state index contributed by atoms with van der Waals surface area (Å²) in [5, 5.41) is 3.09. The molecule has 2 heterocycles. The van der Waals surface area contributed by atoms with E-state index in [0.717, 1.165) is 38.8 Å². The molecule has 4 aliphatic rings. The zero-order chi connectivity index (χ0) is 17.2. The van der Waals surface area contributed by atoms with Crippen molar-refractivity contribution in [3.8, 4) is 0 Å². The van der Waals surface area contributed by atoms with Crippen LogP contribution in [-0.2, 0) is 16.0 Å². The number of fused-ring (bicyclic) bond motifs is 1. The highest BCUT2D eigenvalue weighted by atomic mass is 16.2. The van der Waals surface area contributed by atoms with E-state index in [2.05, 4.69) is 41.4 Å². The summed E-state index contributed by atoms with van der Waals surface area (Å²) in [6.07, 6.45) is 4.34. The van der Waals surface area contributed by atoms with E-state index in [1.165, 1.54) is 11.1 Å². The van der Waals surface area contributed by atoms with Crippen LogP contribution in [0, 0.1) is 17.8 Å². The number of hydrogen-bond acceptors (Lipinski definition) is 2. The Kier molecular flexibility index (Phi) is 3.28. The van der Waals surface area contributed by atoms with E-state index in [9.17, 15) is 9.59 Å². The maximum absolute atomic E-state index is 12.8. The number of nitrogens with zero attached hydrogens (tertiary/aromatic N) is 1. The normalized spacial score (nSPS) is 38.4. The Morgan fingerprint density at radius 3 is 2.44 bits per heavy atom. The Morgan fingerprint density at radius 2 is 1.88 bits per heavy atom. The molecule has 1 N–H and O–H groups in total. The molecule has 4 heteroatoms. The molecule has 2 saturated heterocycles. The smallest absolute Gasteiger partial charge is 0.225 e. The summed E-state index contributed by atoms with van der Waals surface area (Å²) in [6.45, 7) is 4.05. The van der Waals surface area contributed by atoms with Crippen molar-refractivity contribution in [2.45, 2.75) is 50.5 Å². The molecule has 1 spiro atoms. The van der Waals surface area contributed by atoms with Gasteiger partial charge < -0.3 is 10.2 Å². The van der Waals surface area contributed by atoms with Crippen LogP contribution in [0.25, 0.3) is 0 Å². The van der Waals surface area contributed by atoms with Gasteiger partial charge in [-0.25, -0.2) is 0 Å². The van der Waals surface area contributed by atoms with E-state index in [4.69, 9.17) is 0 Å². The molecule has 25 heavy (non-hydrogen) atoms. The third-order valence-electron chi connectivity index (χ3n) is 7.14. The first kappa shape index (κ1) is 15.4. The summed E-state index contributed by atoms with van der Waals surface area (Å²) < 4.78 is 0. The van der Waals surface area contributed by atoms with Crippen molar-refractivity contribution in [1.82, 2.24) is 10.2 Å². The Bertz CT molecular complexity index is 708. The molecule has 4 nitrogen and oxygen atoms in total. The monoisotopic (exact) mass is 338 g/mol. The number of amides is 2. The molecule has 1 aromatic carbocycles. The molecule has 5 rings (SSSR count). The number of likely N-dealkylation sites (tertiary alicyclic amines) is 1. The Hall–Kier alpha value is -1.84. The maximum atomic E-state index is 12.8. The number of benzene rings is 1. The zero-order valence-electron chi connectivity index (χ0n) is 14.8. The quantitative estimate of drug-likeness (QED) is 0.920. The number of piperidine rings is 1. The van der Waals surface area contributed by atoms with Gasteiger partial charge in [0.2, 0.25) is 11.8 Å². The van der Waals surface area contributed by atoms with Gasteiger partial charge in [-0.15, -0.1) is 0 Å². The van der Waals surface area contributed by atoms with Crippen molar-refractivity contribution in [3.05, 3.63) is 35.4 Å². The number of carbonyl (C=O) groups is 2. The summed E-state index contributed by atoms with van der Waals surface area (Å²) in [4.78, 5) is 26.3. The van der Waals surface area contributed by atoms with Crippen molar-refractivity contribution in [2.75, 3.05) is 13.1 Å². The molecule has 0 aromatic heterocycles. The first-order valence-corrected chi connectivity index (χ1v) is 9.77. The van der Waals surface area contributed by atoms with Crippen molar-refractivity contribution in [3.63, 3.8) is 0 Å². The predicted molar refractivity (Wildman–Crippen MR) is 95.0 cm³/mol. The zero-order valence-corrected chi connectivity index (χ0v) is 14.8. The molecule has 1 aromatic rings. The van der Waals surface area contributed by atoms with Crippen molar-refractivity contribution >= 4 is 11.8 Å². The van der Waals surface area contributed by atoms with Crippen LogP contribution in [0.5, 0.6) is 0 Å². The lowest BCUT2D eigenvalue weighted by Gasteiger charge is -2.45. The fourth-order valence-electron chi connectivity index (χ4n) is 5.57. The van der Waals surface area contributed by atoms with E-state index in [1.807, 2.05) is 0 Å². The molecule has 132 valence electrons. The van der Waals surface area contributed by atoms with Crippen LogP contribution in [-0.4, -0.2) is 35.3 Å². The molecular weight excluding hydrogens is 312 g/mol. The first-order chi connectivity index (χ1) is 12.1. The first-order valence-electron chi connectivity index (χ1n) is 9.77. The molecule has 0 radical (unpaired) electrons. The van der Waals surface area contributed by atoms with Crippen LogP contribution in [0.4, 0.5) is 0 Å². The van der Waals surface area contributed by atoms with Gasteiger partial charge in [-0.2, -0.15) is 0 Å². The number of aryl methyl sites for hydroxylation is 1. The highest BCUT2D eigenvalue weighted by Gasteiger charge is 2.59. The molecule has 3 atom stereocenters. The minimum Gasteiger partial charge on any atom is -0.351 e. The Labute approximate surface area is 149 Å². The average molecular weight is 338 g/mol. The molecule has 2 aliphatic carbocycles. The second-order valence-electron chi connectivity index (χ2n) is 8.63. The Balaban J connectivity index is 1.16. The molecule has 0 unspecified atom stereocenters. The summed E-state index contributed by atoms with van der Waals surface area (Å²) >= 11 is 0. The molecule has 2 saturated carbocycles. The van der Waals surface area contributed by atoms with Crippen LogP contribution in [0.1, 0.15) is 49.7 Å². The summed E-state index contributed by atoms with van der Waals surface area (Å²) in [5.74, 6) is 2.62. The average Bonchev–Trinajstić information content (AvgIpc) is 2.94. The molecule has 2 aliphatic heterocycles. The number of hydrogen-bond donors (Lipinski definition) is 1. The van der Waals surface area contributed by atoms with Crippen molar-refractivity contribution in [1.29, 1.82) is 0 Å². The minimum atomic E-state index is -0.0381. The standard InChI is InChI=1S/C21H26N2O2/c1-2-13-3-5-14(6-4-13)19-16-11-23(12-17(16)19)20(25)15-9-21(10-15)8-7-18(24)22-21/h3-6,15-17,19H,2,7-12H2,1H3,(H,22,24)/t15-,16-,17+,19+,21+. The summed E-state index contributed by atoms with van der Waals surface area (Å²) in [7, 11) is 0. The van der Waals surface area contributed by atoms with Gasteiger partial charge in [-0.1, -0.05) is 31.2 Å². The largest absolute Gasteiger partial charge is 0.351 e. The van der Waals surface area contributed by atoms with E-state index in [1.54, 1.807) is 0 Å². The van der Waals surface area contributed by atoms with E-state index >= 15 is 0 Å². The lowest BCUT2D eigenvalue weighted by molar-refractivity contribution is -0.141. The van der Waals surface area contributed by atoms with Gasteiger partial charge in [0.15, 0.2) is 0 Å². The van der Waals surface area contributed by atoms with Crippen LogP contribution in [0.15, 0.2) is 24.3 Å². The third kappa shape index (κ3) is 2.41. The van der Waals surface area contributed by atoms with Crippen LogP contribution >= 0.6 is 0 Å². The third-order valence-corrected chi connectivity index (χ3v) is 7.14. The second kappa shape index (κ2) is 5.33. The van der Waals surface area contributed by atoms with Gasteiger partial charge in [0.05, 0.1) is 0 Å². The van der Waals surface area contributed by atoms with Crippen LogP contribution in [0.3, 0.4) is 0 Å². The highest BCUT2D eigenvalue weighted by molar-refractivity contribution is 5.84.